The molecule has 1 aliphatic rings. The molecule has 3 aromatic rings. The zero-order chi connectivity index (χ0) is 17.6. The highest BCUT2D eigenvalue weighted by molar-refractivity contribution is 5.73. The molecule has 126 valence electrons. The smallest absolute Gasteiger partial charge is 0.326 e. The molecule has 2 aromatic heterocycles. The Hall–Kier alpha value is -3.22. The van der Waals surface area contributed by atoms with Crippen molar-refractivity contribution in [1.82, 2.24) is 19.5 Å². The number of nitrogens with zero attached hydrogens (tertiary/aromatic N) is 3. The number of carbonyl (C=O) groups is 1. The molecule has 0 saturated heterocycles. The molecule has 0 fully saturated rings. The van der Waals surface area contributed by atoms with E-state index >= 15 is 0 Å². The average molecular weight is 336 g/mol. The fraction of sp³-hybridized carbons (Fsp3) is 0.222. The Labute approximate surface area is 143 Å². The molecule has 0 aliphatic carbocycles. The molecule has 0 spiro atoms. The second kappa shape index (κ2) is 5.70. The van der Waals surface area contributed by atoms with Gasteiger partial charge < -0.3 is 10.1 Å². The highest BCUT2D eigenvalue weighted by Crippen LogP contribution is 2.33. The normalized spacial score (nSPS) is 18.9. The van der Waals surface area contributed by atoms with Crippen molar-refractivity contribution in [2.45, 2.75) is 25.3 Å². The number of hydrogen-bond acceptors (Lipinski definition) is 4. The Morgan fingerprint density at radius 2 is 2.00 bits per heavy atom. The predicted octanol–water partition coefficient (Wildman–Crippen LogP) is 2.43. The number of imidazole rings is 1. The maximum absolute atomic E-state index is 12.9. The molecule has 2 atom stereocenters. The molecule has 0 radical (unpaired) electrons. The van der Waals surface area contributed by atoms with Gasteiger partial charge >= 0.3 is 5.97 Å². The molecule has 2 N–H and O–H groups in total. The van der Waals surface area contributed by atoms with Crippen LogP contribution in [0.2, 0.25) is 0 Å². The van der Waals surface area contributed by atoms with E-state index < -0.39 is 12.0 Å². The van der Waals surface area contributed by atoms with Gasteiger partial charge in [0.25, 0.3) is 5.56 Å². The zero-order valence-corrected chi connectivity index (χ0v) is 13.5. The Balaban J connectivity index is 1.81. The van der Waals surface area contributed by atoms with E-state index in [1.807, 2.05) is 37.3 Å². The van der Waals surface area contributed by atoms with Crippen molar-refractivity contribution in [3.63, 3.8) is 0 Å². The number of aromatic amines is 1. The summed E-state index contributed by atoms with van der Waals surface area (Å²) in [5.74, 6) is -0.193. The van der Waals surface area contributed by atoms with Gasteiger partial charge in [-0.15, -0.1) is 0 Å². The lowest BCUT2D eigenvalue weighted by atomic mass is 10.1. The number of H-pyrrole nitrogens is 1. The van der Waals surface area contributed by atoms with Gasteiger partial charge in [-0.05, 0) is 12.0 Å². The Kier molecular flexibility index (Phi) is 3.49. The first-order valence-corrected chi connectivity index (χ1v) is 8.01. The third kappa shape index (κ3) is 2.44. The monoisotopic (exact) mass is 336 g/mol. The number of carboxylic acid groups (broad SMARTS) is 1. The maximum Gasteiger partial charge on any atom is 0.326 e. The molecule has 7 heteroatoms. The summed E-state index contributed by atoms with van der Waals surface area (Å²) in [6.45, 7) is 1.88. The zero-order valence-electron chi connectivity index (χ0n) is 13.5. The Bertz CT molecular complexity index is 1010. The fourth-order valence-electron chi connectivity index (χ4n) is 3.29. The second-order valence-electron chi connectivity index (χ2n) is 6.21. The van der Waals surface area contributed by atoms with Crippen molar-refractivity contribution in [3.05, 3.63) is 58.9 Å². The van der Waals surface area contributed by atoms with Gasteiger partial charge in [0.15, 0.2) is 0 Å². The Morgan fingerprint density at radius 1 is 1.24 bits per heavy atom. The van der Waals surface area contributed by atoms with Crippen LogP contribution in [-0.2, 0) is 4.79 Å². The van der Waals surface area contributed by atoms with E-state index in [0.29, 0.717) is 18.1 Å². The lowest BCUT2D eigenvalue weighted by Gasteiger charge is -2.10. The van der Waals surface area contributed by atoms with E-state index in [0.717, 1.165) is 11.3 Å². The molecular formula is C18H16N4O3. The van der Waals surface area contributed by atoms with E-state index in [-0.39, 0.29) is 17.0 Å². The van der Waals surface area contributed by atoms with E-state index in [4.69, 9.17) is 0 Å². The van der Waals surface area contributed by atoms with E-state index in [1.165, 1.54) is 10.8 Å². The third-order valence-corrected chi connectivity index (χ3v) is 4.55. The van der Waals surface area contributed by atoms with Gasteiger partial charge in [-0.2, -0.15) is 0 Å². The van der Waals surface area contributed by atoms with Crippen molar-refractivity contribution in [2.24, 2.45) is 0 Å². The first-order chi connectivity index (χ1) is 12.1. The van der Waals surface area contributed by atoms with Gasteiger partial charge in [-0.25, -0.2) is 14.8 Å². The summed E-state index contributed by atoms with van der Waals surface area (Å²) in [6.07, 6.45) is 3.50. The molecule has 0 unspecified atom stereocenters. The van der Waals surface area contributed by atoms with Crippen LogP contribution in [0.15, 0.2) is 47.5 Å². The molecular weight excluding hydrogens is 320 g/mol. The second-order valence-corrected chi connectivity index (χ2v) is 6.21. The number of rotatable bonds is 3. The molecule has 0 saturated carbocycles. The molecule has 3 heterocycles. The molecule has 1 aromatic carbocycles. The van der Waals surface area contributed by atoms with Crippen LogP contribution in [0.25, 0.3) is 22.6 Å². The minimum Gasteiger partial charge on any atom is -0.480 e. The lowest BCUT2D eigenvalue weighted by molar-refractivity contribution is -0.140. The van der Waals surface area contributed by atoms with Crippen molar-refractivity contribution in [2.75, 3.05) is 0 Å². The molecule has 0 amide bonds. The van der Waals surface area contributed by atoms with Gasteiger partial charge in [0.2, 0.25) is 0 Å². The number of carboxylic acids is 1. The SMILES string of the molecule is C[C@@H]1C[C@@H](C(=O)O)n2c1ncc(-c1ncc(-c3ccccc3)[nH]1)c2=O. The van der Waals surface area contributed by atoms with Crippen molar-refractivity contribution in [1.29, 1.82) is 0 Å². The van der Waals surface area contributed by atoms with Crippen LogP contribution in [0.3, 0.4) is 0 Å². The van der Waals surface area contributed by atoms with Crippen molar-refractivity contribution in [3.8, 4) is 22.6 Å². The first kappa shape index (κ1) is 15.3. The number of fused-ring (bicyclic) bond motifs is 1. The van der Waals surface area contributed by atoms with E-state index in [9.17, 15) is 14.7 Å². The minimum absolute atomic E-state index is 0.0701. The predicted molar refractivity (Wildman–Crippen MR) is 91.2 cm³/mol. The summed E-state index contributed by atoms with van der Waals surface area (Å²) in [7, 11) is 0. The van der Waals surface area contributed by atoms with Gasteiger partial charge in [0, 0.05) is 12.1 Å². The third-order valence-electron chi connectivity index (χ3n) is 4.55. The Morgan fingerprint density at radius 3 is 2.72 bits per heavy atom. The average Bonchev–Trinajstić information content (AvgIpc) is 3.22. The van der Waals surface area contributed by atoms with Crippen molar-refractivity contribution < 1.29 is 9.90 Å². The first-order valence-electron chi connectivity index (χ1n) is 8.01. The fourth-order valence-corrected chi connectivity index (χ4v) is 3.29. The topological polar surface area (TPSA) is 101 Å². The van der Waals surface area contributed by atoms with Crippen LogP contribution < -0.4 is 5.56 Å². The summed E-state index contributed by atoms with van der Waals surface area (Å²) >= 11 is 0. The van der Waals surface area contributed by atoms with Crippen LogP contribution in [0.1, 0.15) is 31.1 Å². The molecule has 0 bridgehead atoms. The van der Waals surface area contributed by atoms with E-state index in [1.54, 1.807) is 6.20 Å². The standard InChI is InChI=1S/C18H16N4O3/c1-10-7-14(18(24)25)22-16(10)20-8-12(17(22)23)15-19-9-13(21-15)11-5-3-2-4-6-11/h2-6,8-10,14H,7H2,1H3,(H,19,21)(H,24,25)/t10-,14+/m1/s1. The quantitative estimate of drug-likeness (QED) is 0.765. The summed E-state index contributed by atoms with van der Waals surface area (Å²) < 4.78 is 1.28. The summed E-state index contributed by atoms with van der Waals surface area (Å²) in [5.41, 5.74) is 1.62. The van der Waals surface area contributed by atoms with E-state index in [2.05, 4.69) is 15.0 Å². The van der Waals surface area contributed by atoms with Gasteiger partial charge in [0.05, 0.1) is 11.9 Å². The number of hydrogen-bond donors (Lipinski definition) is 2. The van der Waals surface area contributed by atoms with Crippen LogP contribution in [-0.4, -0.2) is 30.6 Å². The van der Waals surface area contributed by atoms with Gasteiger partial charge in [-0.3, -0.25) is 9.36 Å². The number of aromatic nitrogens is 4. The molecule has 1 aliphatic heterocycles. The van der Waals surface area contributed by atoms with Crippen LogP contribution in [0, 0.1) is 0 Å². The van der Waals surface area contributed by atoms with Crippen LogP contribution >= 0.6 is 0 Å². The molecule has 25 heavy (non-hydrogen) atoms. The van der Waals surface area contributed by atoms with Crippen LogP contribution in [0.5, 0.6) is 0 Å². The lowest BCUT2D eigenvalue weighted by Crippen LogP contribution is -2.29. The summed E-state index contributed by atoms with van der Waals surface area (Å²) in [6, 6.07) is 8.75. The summed E-state index contributed by atoms with van der Waals surface area (Å²) in [5, 5.41) is 9.41. The highest BCUT2D eigenvalue weighted by atomic mass is 16.4. The summed E-state index contributed by atoms with van der Waals surface area (Å²) in [4.78, 5) is 36.1. The van der Waals surface area contributed by atoms with Crippen LogP contribution in [0.4, 0.5) is 0 Å². The molecule has 4 rings (SSSR count). The minimum atomic E-state index is -1.02. The number of benzene rings is 1. The van der Waals surface area contributed by atoms with Gasteiger partial charge in [-0.1, -0.05) is 37.3 Å². The maximum atomic E-state index is 12.9. The van der Waals surface area contributed by atoms with Gasteiger partial charge in [0.1, 0.15) is 23.3 Å². The number of nitrogens with one attached hydrogen (secondary N) is 1. The van der Waals surface area contributed by atoms with Crippen molar-refractivity contribution >= 4 is 5.97 Å². The largest absolute Gasteiger partial charge is 0.480 e. The number of aliphatic carboxylic acids is 1. The molecule has 7 nitrogen and oxygen atoms in total. The highest BCUT2D eigenvalue weighted by Gasteiger charge is 2.35.